The largest absolute Gasteiger partial charge is 0.497 e. The number of hydrogen-bond acceptors (Lipinski definition) is 9. The fourth-order valence-electron chi connectivity index (χ4n) is 8.08. The van der Waals surface area contributed by atoms with Gasteiger partial charge in [0.1, 0.15) is 31.4 Å². The van der Waals surface area contributed by atoms with Crippen molar-refractivity contribution in [1.29, 1.82) is 0 Å². The third-order valence-electron chi connectivity index (χ3n) is 11.4. The van der Waals surface area contributed by atoms with Crippen LogP contribution in [0.1, 0.15) is 52.3 Å². The molecule has 55 heavy (non-hydrogen) atoms. The fourth-order valence-corrected chi connectivity index (χ4v) is 8.08. The van der Waals surface area contributed by atoms with Crippen molar-refractivity contribution >= 4 is 11.9 Å². The highest BCUT2D eigenvalue weighted by atomic mass is 16.5. The summed E-state index contributed by atoms with van der Waals surface area (Å²) in [6.45, 7) is 11.3. The molecule has 0 radical (unpaired) electrons. The van der Waals surface area contributed by atoms with Crippen molar-refractivity contribution in [2.24, 2.45) is 0 Å². The van der Waals surface area contributed by atoms with Crippen LogP contribution in [0.5, 0.6) is 23.0 Å². The molecule has 3 aromatic carbocycles. The predicted octanol–water partition coefficient (Wildman–Crippen LogP) is 6.09. The molecule has 0 aromatic heterocycles. The van der Waals surface area contributed by atoms with Crippen molar-refractivity contribution in [1.82, 2.24) is 0 Å². The van der Waals surface area contributed by atoms with Gasteiger partial charge in [0.15, 0.2) is 11.5 Å². The van der Waals surface area contributed by atoms with E-state index in [1.54, 1.807) is 28.4 Å². The van der Waals surface area contributed by atoms with Gasteiger partial charge in [-0.25, -0.2) is 9.59 Å². The molecule has 3 aromatic rings. The maximum atomic E-state index is 12.6. The first-order valence-corrected chi connectivity index (χ1v) is 19.3. The molecule has 2 heterocycles. The van der Waals surface area contributed by atoms with Crippen LogP contribution in [0.3, 0.4) is 0 Å². The first-order valence-electron chi connectivity index (χ1n) is 19.3. The van der Waals surface area contributed by atoms with Crippen LogP contribution >= 0.6 is 0 Å². The maximum absolute atomic E-state index is 12.6. The van der Waals surface area contributed by atoms with Crippen molar-refractivity contribution in [2.45, 2.75) is 52.1 Å². The third-order valence-corrected chi connectivity index (χ3v) is 11.4. The lowest BCUT2D eigenvalue weighted by atomic mass is 9.84. The number of rotatable bonds is 18. The third kappa shape index (κ3) is 10.8. The number of fused-ring (bicyclic) bond motifs is 1. The minimum absolute atomic E-state index is 0.241. The second-order valence-electron chi connectivity index (χ2n) is 15.1. The van der Waals surface area contributed by atoms with Crippen molar-refractivity contribution in [2.75, 3.05) is 94.6 Å². The monoisotopic (exact) mass is 760 g/mol. The van der Waals surface area contributed by atoms with Gasteiger partial charge in [0.25, 0.3) is 0 Å². The minimum Gasteiger partial charge on any atom is -0.497 e. The van der Waals surface area contributed by atoms with Crippen LogP contribution in [0.25, 0.3) is 0 Å². The van der Waals surface area contributed by atoms with E-state index in [-0.39, 0.29) is 19.3 Å². The Kier molecular flexibility index (Phi) is 14.6. The number of nitrogens with zero attached hydrogens (tertiary/aromatic N) is 2. The van der Waals surface area contributed by atoms with Gasteiger partial charge < -0.3 is 42.1 Å². The molecule has 0 bridgehead atoms. The summed E-state index contributed by atoms with van der Waals surface area (Å²) in [5, 5.41) is 0. The number of benzene rings is 3. The van der Waals surface area contributed by atoms with Gasteiger partial charge in [-0.15, -0.1) is 0 Å². The molecule has 1 fully saturated rings. The first kappa shape index (κ1) is 41.6. The number of morpholine rings is 1. The Bertz CT molecular complexity index is 1760. The van der Waals surface area contributed by atoms with Crippen LogP contribution in [0, 0.1) is 13.8 Å². The Hall–Kier alpha value is -4.58. The highest BCUT2D eigenvalue weighted by Crippen LogP contribution is 2.40. The number of hydrogen-bond donors (Lipinski definition) is 0. The van der Waals surface area contributed by atoms with Gasteiger partial charge in [0, 0.05) is 49.0 Å². The molecule has 0 spiro atoms. The number of carbonyl (C=O) groups excluding carboxylic acids is 2. The summed E-state index contributed by atoms with van der Waals surface area (Å²) in [6.07, 6.45) is 5.60. The summed E-state index contributed by atoms with van der Waals surface area (Å²) in [5.74, 6) is 1.53. The molecule has 5 rings (SSSR count). The summed E-state index contributed by atoms with van der Waals surface area (Å²) in [7, 11) is 8.82. The van der Waals surface area contributed by atoms with Crippen LogP contribution < -0.4 is 18.9 Å². The summed E-state index contributed by atoms with van der Waals surface area (Å²) < 4.78 is 40.4. The quantitative estimate of drug-likeness (QED) is 0.0660. The van der Waals surface area contributed by atoms with Gasteiger partial charge in [-0.2, -0.15) is 0 Å². The SMILES string of the molecule is COc1ccc(C[C@@H]2c3cc(C)c(C)cc3CC[N@@+]2(C)CCCOC(=O)/C=C\C(=O)OCCC[N+]2(Cc3cc(OC)c(OC)c(OC)c3)CCOCC2)cc1. The van der Waals surface area contributed by atoms with E-state index in [2.05, 4.69) is 45.2 Å². The van der Waals surface area contributed by atoms with Gasteiger partial charge in [-0.3, -0.25) is 0 Å². The second-order valence-corrected chi connectivity index (χ2v) is 15.1. The molecule has 0 unspecified atom stereocenters. The number of esters is 2. The van der Waals surface area contributed by atoms with E-state index in [1.807, 2.05) is 24.3 Å². The zero-order chi connectivity index (χ0) is 39.4. The van der Waals surface area contributed by atoms with Crippen molar-refractivity contribution < 1.29 is 51.7 Å². The summed E-state index contributed by atoms with van der Waals surface area (Å²) in [6, 6.07) is 17.3. The molecular formula is C44H60N2O9+2. The van der Waals surface area contributed by atoms with E-state index in [4.69, 9.17) is 33.2 Å². The summed E-state index contributed by atoms with van der Waals surface area (Å²) >= 11 is 0. The minimum atomic E-state index is -0.563. The van der Waals surface area contributed by atoms with E-state index in [9.17, 15) is 9.59 Å². The molecule has 0 amide bonds. The van der Waals surface area contributed by atoms with E-state index < -0.39 is 11.9 Å². The Morgan fingerprint density at radius 1 is 0.745 bits per heavy atom. The lowest BCUT2D eigenvalue weighted by Crippen LogP contribution is -2.55. The molecule has 298 valence electrons. The molecule has 0 N–H and O–H groups in total. The summed E-state index contributed by atoms with van der Waals surface area (Å²) in [5.41, 5.74) is 7.80. The lowest BCUT2D eigenvalue weighted by molar-refractivity contribution is -0.947. The van der Waals surface area contributed by atoms with E-state index in [0.717, 1.165) is 84.5 Å². The standard InChI is InChI=1S/C44H60N2O9/c1-32-26-36-16-19-45(3,39(38(36)27-33(32)2)28-34-10-12-37(49-4)13-11-34)17-8-22-54-42(47)14-15-43(48)55-23-9-18-46(20-24-53-25-21-46)31-35-29-40(50-5)44(52-7)41(30-35)51-6/h10-15,26-27,29-30,39H,8-9,16-25,28,31H2,1-7H3/q+2/b15-14-/t39-,45-/m1/s1. The fraction of sp³-hybridized carbons (Fsp3) is 0.500. The molecule has 11 heteroatoms. The lowest BCUT2D eigenvalue weighted by Gasteiger charge is -2.46. The van der Waals surface area contributed by atoms with Crippen LogP contribution in [0.15, 0.2) is 60.7 Å². The Balaban J connectivity index is 1.09. The molecule has 2 aliphatic heterocycles. The van der Waals surface area contributed by atoms with Crippen LogP contribution in [-0.2, 0) is 43.2 Å². The number of quaternary nitrogens is 2. The molecular weight excluding hydrogens is 700 g/mol. The maximum Gasteiger partial charge on any atom is 0.331 e. The molecule has 1 saturated heterocycles. The molecule has 2 atom stereocenters. The first-order chi connectivity index (χ1) is 26.5. The highest BCUT2D eigenvalue weighted by Gasteiger charge is 2.39. The van der Waals surface area contributed by atoms with Crippen molar-refractivity contribution in [3.63, 3.8) is 0 Å². The number of ether oxygens (including phenoxy) is 7. The number of methoxy groups -OCH3 is 4. The van der Waals surface area contributed by atoms with Crippen LogP contribution in [0.2, 0.25) is 0 Å². The van der Waals surface area contributed by atoms with Crippen LogP contribution in [0.4, 0.5) is 0 Å². The highest BCUT2D eigenvalue weighted by molar-refractivity contribution is 5.91. The average molecular weight is 761 g/mol. The zero-order valence-corrected chi connectivity index (χ0v) is 33.8. The molecule has 0 aliphatic carbocycles. The number of carbonyl (C=O) groups is 2. The van der Waals surface area contributed by atoms with Gasteiger partial charge in [-0.1, -0.05) is 18.2 Å². The zero-order valence-electron chi connectivity index (χ0n) is 33.8. The predicted molar refractivity (Wildman–Crippen MR) is 211 cm³/mol. The topological polar surface area (TPSA) is 98.8 Å². The van der Waals surface area contributed by atoms with Gasteiger partial charge in [0.2, 0.25) is 5.75 Å². The van der Waals surface area contributed by atoms with E-state index >= 15 is 0 Å². The second kappa shape index (κ2) is 19.3. The Morgan fingerprint density at radius 3 is 1.93 bits per heavy atom. The molecule has 0 saturated carbocycles. The van der Waals surface area contributed by atoms with Crippen molar-refractivity contribution in [3.05, 3.63) is 94.1 Å². The van der Waals surface area contributed by atoms with E-state index in [0.29, 0.717) is 43.3 Å². The van der Waals surface area contributed by atoms with Crippen molar-refractivity contribution in [3.8, 4) is 23.0 Å². The smallest absolute Gasteiger partial charge is 0.331 e. The van der Waals surface area contributed by atoms with Gasteiger partial charge >= 0.3 is 11.9 Å². The Labute approximate surface area is 326 Å². The number of aryl methyl sites for hydroxylation is 2. The van der Waals surface area contributed by atoms with Gasteiger partial charge in [-0.05, 0) is 66.4 Å². The number of likely N-dealkylation sites (N-methyl/N-ethyl adjacent to an activating group) is 1. The Morgan fingerprint density at radius 2 is 1.35 bits per heavy atom. The average Bonchev–Trinajstić information content (AvgIpc) is 3.19. The van der Waals surface area contributed by atoms with Crippen LogP contribution in [-0.4, -0.2) is 116 Å². The van der Waals surface area contributed by atoms with E-state index in [1.165, 1.54) is 27.8 Å². The molecule has 11 nitrogen and oxygen atoms in total. The van der Waals surface area contributed by atoms with Gasteiger partial charge in [0.05, 0.1) is 81.5 Å². The normalized spacial score (nSPS) is 19.0. The molecule has 2 aliphatic rings. The summed E-state index contributed by atoms with van der Waals surface area (Å²) in [4.78, 5) is 25.1.